The zero-order chi connectivity index (χ0) is 21.2. The van der Waals surface area contributed by atoms with Gasteiger partial charge in [-0.3, -0.25) is 9.59 Å². The Labute approximate surface area is 169 Å². The van der Waals surface area contributed by atoms with Crippen molar-refractivity contribution in [2.24, 2.45) is 5.10 Å². The number of para-hydroxylation sites is 2. The van der Waals surface area contributed by atoms with Crippen molar-refractivity contribution in [2.75, 3.05) is 26.1 Å². The fraction of sp³-hybridized carbons (Fsp3) is 0.286. The molecule has 8 heteroatoms. The SMILES string of the molecule is CCOc1ccccc1NC(=O)CC(C)=NNC(=O)c1ccc(OC)c(OC)c1. The molecule has 0 unspecified atom stereocenters. The number of amides is 2. The van der Waals surface area contributed by atoms with E-state index in [0.717, 1.165) is 0 Å². The summed E-state index contributed by atoms with van der Waals surface area (Å²) < 4.78 is 15.8. The Kier molecular flexibility index (Phi) is 8.02. The molecule has 0 bridgehead atoms. The lowest BCUT2D eigenvalue weighted by atomic mass is 10.2. The van der Waals surface area contributed by atoms with Crippen LogP contribution in [0.4, 0.5) is 5.69 Å². The van der Waals surface area contributed by atoms with E-state index in [0.29, 0.717) is 40.8 Å². The molecule has 2 amide bonds. The first-order valence-electron chi connectivity index (χ1n) is 9.05. The van der Waals surface area contributed by atoms with E-state index in [9.17, 15) is 9.59 Å². The van der Waals surface area contributed by atoms with E-state index < -0.39 is 5.91 Å². The lowest BCUT2D eigenvalue weighted by molar-refractivity contribution is -0.115. The van der Waals surface area contributed by atoms with Crippen LogP contribution in [0.25, 0.3) is 0 Å². The molecule has 0 aliphatic carbocycles. The highest BCUT2D eigenvalue weighted by atomic mass is 16.5. The Bertz CT molecular complexity index is 896. The minimum absolute atomic E-state index is 0.0205. The van der Waals surface area contributed by atoms with Crippen LogP contribution >= 0.6 is 0 Å². The number of hydrogen-bond donors (Lipinski definition) is 2. The van der Waals surface area contributed by atoms with Crippen LogP contribution in [0.3, 0.4) is 0 Å². The molecule has 0 spiro atoms. The lowest BCUT2D eigenvalue weighted by Gasteiger charge is -2.11. The Morgan fingerprint density at radius 2 is 1.72 bits per heavy atom. The minimum Gasteiger partial charge on any atom is -0.493 e. The number of hydrazone groups is 1. The molecule has 2 aromatic carbocycles. The van der Waals surface area contributed by atoms with Gasteiger partial charge in [0.05, 0.1) is 32.9 Å². The molecule has 0 radical (unpaired) electrons. The molecule has 0 saturated carbocycles. The van der Waals surface area contributed by atoms with Crippen molar-refractivity contribution in [1.82, 2.24) is 5.43 Å². The number of carbonyl (C=O) groups is 2. The third kappa shape index (κ3) is 6.24. The van der Waals surface area contributed by atoms with Crippen molar-refractivity contribution < 1.29 is 23.8 Å². The standard InChI is InChI=1S/C21H25N3O5/c1-5-29-17-9-7-6-8-16(17)22-20(25)12-14(2)23-24-21(26)15-10-11-18(27-3)19(13-15)28-4/h6-11,13H,5,12H2,1-4H3,(H,22,25)(H,24,26). The summed E-state index contributed by atoms with van der Waals surface area (Å²) in [6, 6.07) is 12.0. The highest BCUT2D eigenvalue weighted by molar-refractivity contribution is 6.06. The summed E-state index contributed by atoms with van der Waals surface area (Å²) in [6.45, 7) is 4.02. The number of nitrogens with one attached hydrogen (secondary N) is 2. The molecule has 0 fully saturated rings. The number of carbonyl (C=O) groups excluding carboxylic acids is 2. The summed E-state index contributed by atoms with van der Waals surface area (Å²) in [7, 11) is 3.01. The summed E-state index contributed by atoms with van der Waals surface area (Å²) in [4.78, 5) is 24.5. The minimum atomic E-state index is -0.424. The molecular weight excluding hydrogens is 374 g/mol. The van der Waals surface area contributed by atoms with E-state index in [1.165, 1.54) is 14.2 Å². The third-order valence-electron chi connectivity index (χ3n) is 3.87. The molecule has 154 valence electrons. The smallest absolute Gasteiger partial charge is 0.271 e. The van der Waals surface area contributed by atoms with Gasteiger partial charge >= 0.3 is 0 Å². The van der Waals surface area contributed by atoms with Crippen LogP contribution < -0.4 is 25.0 Å². The van der Waals surface area contributed by atoms with Gasteiger partial charge < -0.3 is 19.5 Å². The zero-order valence-corrected chi connectivity index (χ0v) is 16.9. The Morgan fingerprint density at radius 1 is 1.00 bits per heavy atom. The van der Waals surface area contributed by atoms with Crippen molar-refractivity contribution in [3.05, 3.63) is 48.0 Å². The first-order chi connectivity index (χ1) is 14.0. The Hall–Kier alpha value is -3.55. The fourth-order valence-corrected chi connectivity index (χ4v) is 2.51. The topological polar surface area (TPSA) is 98.2 Å². The van der Waals surface area contributed by atoms with Gasteiger partial charge in [-0.2, -0.15) is 5.10 Å². The fourth-order valence-electron chi connectivity index (χ4n) is 2.51. The van der Waals surface area contributed by atoms with E-state index in [2.05, 4.69) is 15.8 Å². The average molecular weight is 399 g/mol. The molecule has 8 nitrogen and oxygen atoms in total. The summed E-state index contributed by atoms with van der Waals surface area (Å²) in [6.07, 6.45) is 0.0205. The number of nitrogens with zero attached hydrogens (tertiary/aromatic N) is 1. The second-order valence-corrected chi connectivity index (χ2v) is 6.01. The van der Waals surface area contributed by atoms with Crippen molar-refractivity contribution in [3.8, 4) is 17.2 Å². The molecule has 0 heterocycles. The van der Waals surface area contributed by atoms with Crippen LogP contribution in [-0.2, 0) is 4.79 Å². The molecule has 0 aliphatic rings. The van der Waals surface area contributed by atoms with Gasteiger partial charge in [-0.1, -0.05) is 12.1 Å². The van der Waals surface area contributed by atoms with Crippen molar-refractivity contribution in [2.45, 2.75) is 20.3 Å². The zero-order valence-electron chi connectivity index (χ0n) is 16.9. The number of ether oxygens (including phenoxy) is 3. The maximum atomic E-state index is 12.3. The summed E-state index contributed by atoms with van der Waals surface area (Å²) in [5.41, 5.74) is 3.83. The summed E-state index contributed by atoms with van der Waals surface area (Å²) >= 11 is 0. The number of hydrogen-bond acceptors (Lipinski definition) is 6. The lowest BCUT2D eigenvalue weighted by Crippen LogP contribution is -2.21. The van der Waals surface area contributed by atoms with Gasteiger partial charge in [-0.15, -0.1) is 0 Å². The molecule has 29 heavy (non-hydrogen) atoms. The quantitative estimate of drug-likeness (QED) is 0.498. The predicted molar refractivity (Wildman–Crippen MR) is 111 cm³/mol. The monoisotopic (exact) mass is 399 g/mol. The van der Waals surface area contributed by atoms with Crippen molar-refractivity contribution >= 4 is 23.2 Å². The highest BCUT2D eigenvalue weighted by Crippen LogP contribution is 2.27. The molecular formula is C21H25N3O5. The molecule has 2 aromatic rings. The Morgan fingerprint density at radius 3 is 2.41 bits per heavy atom. The number of methoxy groups -OCH3 is 2. The summed E-state index contributed by atoms with van der Waals surface area (Å²) in [5, 5.41) is 6.78. The predicted octanol–water partition coefficient (Wildman–Crippen LogP) is 3.24. The number of anilines is 1. The Balaban J connectivity index is 1.96. The maximum Gasteiger partial charge on any atom is 0.271 e. The molecule has 0 saturated heterocycles. The van der Waals surface area contributed by atoms with Gasteiger partial charge in [0.15, 0.2) is 11.5 Å². The molecule has 0 aromatic heterocycles. The summed E-state index contributed by atoms with van der Waals surface area (Å²) in [5.74, 6) is 0.867. The molecule has 2 N–H and O–H groups in total. The van der Waals surface area contributed by atoms with Crippen LogP contribution in [0.1, 0.15) is 30.6 Å². The van der Waals surface area contributed by atoms with Gasteiger partial charge in [0.2, 0.25) is 5.91 Å². The van der Waals surface area contributed by atoms with Crippen molar-refractivity contribution in [1.29, 1.82) is 0 Å². The van der Waals surface area contributed by atoms with E-state index in [1.54, 1.807) is 37.3 Å². The van der Waals surface area contributed by atoms with Crippen LogP contribution in [0.5, 0.6) is 17.2 Å². The average Bonchev–Trinajstić information content (AvgIpc) is 2.73. The van der Waals surface area contributed by atoms with Crippen LogP contribution in [0.2, 0.25) is 0 Å². The van der Waals surface area contributed by atoms with E-state index >= 15 is 0 Å². The van der Waals surface area contributed by atoms with Gasteiger partial charge in [0, 0.05) is 11.3 Å². The third-order valence-corrected chi connectivity index (χ3v) is 3.87. The normalized spacial score (nSPS) is 10.8. The van der Waals surface area contributed by atoms with E-state index in [-0.39, 0.29) is 12.3 Å². The van der Waals surface area contributed by atoms with Crippen LogP contribution in [0, 0.1) is 0 Å². The van der Waals surface area contributed by atoms with Gasteiger partial charge in [-0.05, 0) is 44.2 Å². The highest BCUT2D eigenvalue weighted by Gasteiger charge is 2.12. The van der Waals surface area contributed by atoms with E-state index in [1.807, 2.05) is 19.1 Å². The molecule has 0 atom stereocenters. The molecule has 0 aliphatic heterocycles. The van der Waals surface area contributed by atoms with Gasteiger partial charge in [0.1, 0.15) is 5.75 Å². The largest absolute Gasteiger partial charge is 0.493 e. The molecule has 2 rings (SSSR count). The second kappa shape index (κ2) is 10.7. The first kappa shape index (κ1) is 21.7. The van der Waals surface area contributed by atoms with Gasteiger partial charge in [-0.25, -0.2) is 5.43 Å². The first-order valence-corrected chi connectivity index (χ1v) is 9.05. The number of rotatable bonds is 9. The maximum absolute atomic E-state index is 12.3. The van der Waals surface area contributed by atoms with Crippen LogP contribution in [0.15, 0.2) is 47.6 Å². The second-order valence-electron chi connectivity index (χ2n) is 6.01. The van der Waals surface area contributed by atoms with E-state index in [4.69, 9.17) is 14.2 Å². The number of benzene rings is 2. The van der Waals surface area contributed by atoms with Crippen molar-refractivity contribution in [3.63, 3.8) is 0 Å². The van der Waals surface area contributed by atoms with Crippen LogP contribution in [-0.4, -0.2) is 38.4 Å². The van der Waals surface area contributed by atoms with Gasteiger partial charge in [0.25, 0.3) is 5.91 Å².